The molecule has 0 radical (unpaired) electrons. The number of carboxylic acid groups (broad SMARTS) is 2. The van der Waals surface area contributed by atoms with E-state index in [0.29, 0.717) is 0 Å². The van der Waals surface area contributed by atoms with E-state index in [4.69, 9.17) is 10.2 Å². The zero-order valence-electron chi connectivity index (χ0n) is 11.4. The average Bonchev–Trinajstić information content (AvgIpc) is 2.25. The first-order valence-electron chi connectivity index (χ1n) is 5.79. The van der Waals surface area contributed by atoms with Gasteiger partial charge in [0.25, 0.3) is 0 Å². The van der Waals surface area contributed by atoms with Crippen LogP contribution in [0.4, 0.5) is 10.5 Å². The molecule has 108 valence electrons. The molecule has 4 N–H and O–H groups in total. The van der Waals surface area contributed by atoms with E-state index < -0.39 is 23.5 Å². The second-order valence-corrected chi connectivity index (χ2v) is 5.24. The number of carbonyl (C=O) groups excluding carboxylic acids is 1. The molecule has 20 heavy (non-hydrogen) atoms. The molecule has 0 aliphatic heterocycles. The second kappa shape index (κ2) is 5.60. The first kappa shape index (κ1) is 15.5. The molecule has 0 spiro atoms. The Hall–Kier alpha value is -2.57. The molecule has 0 bridgehead atoms. The molecule has 0 aliphatic carbocycles. The summed E-state index contributed by atoms with van der Waals surface area (Å²) in [4.78, 5) is 33.5. The van der Waals surface area contributed by atoms with Crippen LogP contribution in [0.25, 0.3) is 0 Å². The minimum absolute atomic E-state index is 0.101. The third kappa shape index (κ3) is 4.60. The lowest BCUT2D eigenvalue weighted by Crippen LogP contribution is -2.43. The van der Waals surface area contributed by atoms with Gasteiger partial charge in [-0.15, -0.1) is 0 Å². The summed E-state index contributed by atoms with van der Waals surface area (Å²) in [7, 11) is 0. The van der Waals surface area contributed by atoms with Crippen molar-refractivity contribution in [1.82, 2.24) is 5.32 Å². The predicted octanol–water partition coefficient (Wildman–Crippen LogP) is 2.00. The molecule has 0 aromatic heterocycles. The molecule has 1 aromatic carbocycles. The van der Waals surface area contributed by atoms with Gasteiger partial charge in [-0.1, -0.05) is 0 Å². The zero-order valence-corrected chi connectivity index (χ0v) is 11.4. The van der Waals surface area contributed by atoms with Crippen LogP contribution in [0, 0.1) is 0 Å². The van der Waals surface area contributed by atoms with Crippen molar-refractivity contribution in [2.75, 3.05) is 5.32 Å². The molecule has 0 unspecified atom stereocenters. The number of benzene rings is 1. The number of nitrogens with one attached hydrogen (secondary N) is 2. The van der Waals surface area contributed by atoms with Crippen LogP contribution in [-0.2, 0) is 0 Å². The Morgan fingerprint density at radius 3 is 1.75 bits per heavy atom. The Balaban J connectivity index is 3.03. The highest BCUT2D eigenvalue weighted by Crippen LogP contribution is 2.16. The summed E-state index contributed by atoms with van der Waals surface area (Å²) in [5, 5.41) is 22.9. The Morgan fingerprint density at radius 2 is 1.40 bits per heavy atom. The Labute approximate surface area is 115 Å². The van der Waals surface area contributed by atoms with E-state index in [1.54, 1.807) is 20.8 Å². The summed E-state index contributed by atoms with van der Waals surface area (Å²) >= 11 is 0. The summed E-state index contributed by atoms with van der Waals surface area (Å²) in [6.07, 6.45) is 0. The van der Waals surface area contributed by atoms with E-state index in [1.807, 2.05) is 0 Å². The maximum Gasteiger partial charge on any atom is 0.335 e. The molecule has 1 rings (SSSR count). The Kier molecular flexibility index (Phi) is 4.34. The highest BCUT2D eigenvalue weighted by atomic mass is 16.4. The minimum atomic E-state index is -1.27. The number of carbonyl (C=O) groups is 3. The first-order chi connectivity index (χ1) is 9.08. The van der Waals surface area contributed by atoms with Crippen molar-refractivity contribution >= 4 is 23.7 Å². The van der Waals surface area contributed by atoms with Crippen molar-refractivity contribution < 1.29 is 24.6 Å². The molecule has 1 aromatic rings. The molecule has 0 fully saturated rings. The van der Waals surface area contributed by atoms with Gasteiger partial charge in [0.05, 0.1) is 11.1 Å². The van der Waals surface area contributed by atoms with Gasteiger partial charge in [0, 0.05) is 11.2 Å². The molecular weight excluding hydrogens is 264 g/mol. The summed E-state index contributed by atoms with van der Waals surface area (Å²) in [5.74, 6) is -2.54. The smallest absolute Gasteiger partial charge is 0.335 e. The largest absolute Gasteiger partial charge is 0.478 e. The second-order valence-electron chi connectivity index (χ2n) is 5.24. The number of hydrogen-bond donors (Lipinski definition) is 4. The monoisotopic (exact) mass is 280 g/mol. The van der Waals surface area contributed by atoms with Crippen LogP contribution in [0.1, 0.15) is 41.5 Å². The lowest BCUT2D eigenvalue weighted by molar-refractivity contribution is 0.0696. The highest BCUT2D eigenvalue weighted by Gasteiger charge is 2.16. The molecule has 0 saturated heterocycles. The van der Waals surface area contributed by atoms with Gasteiger partial charge in [0.15, 0.2) is 0 Å². The number of amides is 2. The molecule has 7 nitrogen and oxygen atoms in total. The van der Waals surface area contributed by atoms with Crippen LogP contribution < -0.4 is 10.6 Å². The van der Waals surface area contributed by atoms with Crippen LogP contribution in [0.5, 0.6) is 0 Å². The Bertz CT molecular complexity index is 528. The van der Waals surface area contributed by atoms with Crippen molar-refractivity contribution in [3.8, 4) is 0 Å². The van der Waals surface area contributed by atoms with Crippen LogP contribution in [0.2, 0.25) is 0 Å². The average molecular weight is 280 g/mol. The van der Waals surface area contributed by atoms with Crippen molar-refractivity contribution in [1.29, 1.82) is 0 Å². The first-order valence-corrected chi connectivity index (χ1v) is 5.79. The normalized spacial score (nSPS) is 10.8. The van der Waals surface area contributed by atoms with Gasteiger partial charge in [-0.05, 0) is 39.0 Å². The van der Waals surface area contributed by atoms with Crippen LogP contribution in [0.3, 0.4) is 0 Å². The van der Waals surface area contributed by atoms with Gasteiger partial charge >= 0.3 is 18.0 Å². The molecule has 0 heterocycles. The summed E-state index contributed by atoms with van der Waals surface area (Å²) < 4.78 is 0. The fourth-order valence-corrected chi connectivity index (χ4v) is 1.45. The van der Waals surface area contributed by atoms with E-state index in [0.717, 1.165) is 6.07 Å². The van der Waals surface area contributed by atoms with Gasteiger partial charge in [-0.25, -0.2) is 14.4 Å². The molecule has 7 heteroatoms. The minimum Gasteiger partial charge on any atom is -0.478 e. The summed E-state index contributed by atoms with van der Waals surface area (Å²) in [5.41, 5.74) is -0.791. The highest BCUT2D eigenvalue weighted by molar-refractivity contribution is 5.98. The number of carboxylic acids is 2. The van der Waals surface area contributed by atoms with E-state index in [9.17, 15) is 14.4 Å². The molecular formula is C13H16N2O5. The standard InChI is InChI=1S/C13H16N2O5/c1-13(2,3)15-12(20)14-9-5-7(10(16)17)4-8(6-9)11(18)19/h4-6H,1-3H3,(H,16,17)(H,18,19)(H2,14,15,20). The number of hydrogen-bond acceptors (Lipinski definition) is 3. The summed E-state index contributed by atoms with van der Waals surface area (Å²) in [6.45, 7) is 5.34. The fraction of sp³-hybridized carbons (Fsp3) is 0.308. The van der Waals surface area contributed by atoms with E-state index >= 15 is 0 Å². The maximum atomic E-state index is 11.7. The molecule has 2 amide bonds. The van der Waals surface area contributed by atoms with Gasteiger partial charge in [0.1, 0.15) is 0 Å². The van der Waals surface area contributed by atoms with E-state index in [-0.39, 0.29) is 16.8 Å². The van der Waals surface area contributed by atoms with Gasteiger partial charge in [-0.3, -0.25) is 0 Å². The van der Waals surface area contributed by atoms with Crippen LogP contribution >= 0.6 is 0 Å². The van der Waals surface area contributed by atoms with E-state index in [2.05, 4.69) is 10.6 Å². The lowest BCUT2D eigenvalue weighted by atomic mass is 10.1. The zero-order chi connectivity index (χ0) is 15.5. The van der Waals surface area contributed by atoms with Crippen molar-refractivity contribution in [2.45, 2.75) is 26.3 Å². The molecule has 0 atom stereocenters. The van der Waals surface area contributed by atoms with Crippen LogP contribution in [0.15, 0.2) is 18.2 Å². The van der Waals surface area contributed by atoms with Crippen molar-refractivity contribution in [3.63, 3.8) is 0 Å². The quantitative estimate of drug-likeness (QED) is 0.675. The Morgan fingerprint density at radius 1 is 0.950 bits per heavy atom. The van der Waals surface area contributed by atoms with E-state index in [1.165, 1.54) is 12.1 Å². The number of urea groups is 1. The third-order valence-corrected chi connectivity index (χ3v) is 2.17. The number of rotatable bonds is 3. The topological polar surface area (TPSA) is 116 Å². The fourth-order valence-electron chi connectivity index (χ4n) is 1.45. The van der Waals surface area contributed by atoms with Gasteiger partial charge in [0.2, 0.25) is 0 Å². The lowest BCUT2D eigenvalue weighted by Gasteiger charge is -2.20. The molecule has 0 aliphatic rings. The van der Waals surface area contributed by atoms with Crippen molar-refractivity contribution in [3.05, 3.63) is 29.3 Å². The summed E-state index contributed by atoms with van der Waals surface area (Å²) in [6, 6.07) is 2.86. The molecule has 0 saturated carbocycles. The van der Waals surface area contributed by atoms with Crippen LogP contribution in [-0.4, -0.2) is 33.7 Å². The van der Waals surface area contributed by atoms with Gasteiger partial charge in [-0.2, -0.15) is 0 Å². The predicted molar refractivity (Wildman–Crippen MR) is 72.3 cm³/mol. The van der Waals surface area contributed by atoms with Gasteiger partial charge < -0.3 is 20.8 Å². The maximum absolute atomic E-state index is 11.7. The number of anilines is 1. The third-order valence-electron chi connectivity index (χ3n) is 2.17. The van der Waals surface area contributed by atoms with Crippen molar-refractivity contribution in [2.24, 2.45) is 0 Å². The number of aromatic carboxylic acids is 2. The SMILES string of the molecule is CC(C)(C)NC(=O)Nc1cc(C(=O)O)cc(C(=O)O)c1.